The van der Waals surface area contributed by atoms with Gasteiger partial charge in [-0.2, -0.15) is 30.6 Å². The number of carbonyl (C=O) groups is 1. The smallest absolute Gasteiger partial charge is 0.434 e. The molecule has 1 heterocycles. The van der Waals surface area contributed by atoms with E-state index >= 15 is 0 Å². The van der Waals surface area contributed by atoms with Crippen LogP contribution in [-0.4, -0.2) is 75.5 Å². The van der Waals surface area contributed by atoms with E-state index in [0.29, 0.717) is 4.90 Å². The summed E-state index contributed by atoms with van der Waals surface area (Å²) in [5, 5.41) is 0. The molecule has 1 aliphatic heterocycles. The maximum Gasteiger partial charge on any atom is 0.434 e. The summed E-state index contributed by atoms with van der Waals surface area (Å²) < 4.78 is 110. The van der Waals surface area contributed by atoms with Crippen molar-refractivity contribution in [2.75, 3.05) is 33.3 Å². The first-order valence-corrected chi connectivity index (χ1v) is 9.44. The molecule has 1 aliphatic rings. The summed E-state index contributed by atoms with van der Waals surface area (Å²) in [7, 11) is -2.66. The minimum atomic E-state index is -5.83. The highest BCUT2D eigenvalue weighted by atomic mass is 32.2. The monoisotopic (exact) mass is 450 g/mol. The van der Waals surface area contributed by atoms with Crippen LogP contribution in [0.2, 0.25) is 0 Å². The van der Waals surface area contributed by atoms with Crippen molar-refractivity contribution in [1.29, 1.82) is 0 Å². The first-order valence-electron chi connectivity index (χ1n) is 8.00. The average Bonchev–Trinajstić information content (AvgIpc) is 2.64. The van der Waals surface area contributed by atoms with E-state index in [1.165, 1.54) is 31.4 Å². The molecule has 1 saturated heterocycles. The van der Waals surface area contributed by atoms with Crippen LogP contribution >= 0.6 is 0 Å². The van der Waals surface area contributed by atoms with Gasteiger partial charge in [-0.15, -0.1) is 0 Å². The van der Waals surface area contributed by atoms with Gasteiger partial charge in [0.15, 0.2) is 0 Å². The zero-order valence-electron chi connectivity index (χ0n) is 14.8. The van der Waals surface area contributed by atoms with Gasteiger partial charge in [-0.3, -0.25) is 0 Å². The van der Waals surface area contributed by atoms with Crippen molar-refractivity contribution in [2.45, 2.75) is 23.4 Å². The first kappa shape index (κ1) is 23.1. The lowest BCUT2D eigenvalue weighted by Crippen LogP contribution is -2.53. The van der Waals surface area contributed by atoms with Crippen molar-refractivity contribution in [3.63, 3.8) is 0 Å². The van der Waals surface area contributed by atoms with Crippen LogP contribution in [0.15, 0.2) is 29.2 Å². The lowest BCUT2D eigenvalue weighted by molar-refractivity contribution is -0.308. The average molecular weight is 450 g/mol. The standard InChI is InChI=1S/C15H16F6N2O5S/c1-27-10-3-2-4-11(9-10)29(25,26)23-7-5-22(6-8-23)13(24)28-12(14(16,17)18)15(19,20)21/h2-4,9,12H,5-8H2,1H3. The predicted molar refractivity (Wildman–Crippen MR) is 85.7 cm³/mol. The van der Waals surface area contributed by atoms with Gasteiger partial charge in [-0.1, -0.05) is 6.07 Å². The fourth-order valence-electron chi connectivity index (χ4n) is 2.52. The van der Waals surface area contributed by atoms with Crippen molar-refractivity contribution in [1.82, 2.24) is 9.21 Å². The molecule has 14 heteroatoms. The summed E-state index contributed by atoms with van der Waals surface area (Å²) >= 11 is 0. The van der Waals surface area contributed by atoms with Crippen molar-refractivity contribution in [2.24, 2.45) is 0 Å². The molecule has 0 spiro atoms. The highest BCUT2D eigenvalue weighted by Gasteiger charge is 2.60. The number of rotatable bonds is 4. The highest BCUT2D eigenvalue weighted by molar-refractivity contribution is 7.89. The van der Waals surface area contributed by atoms with E-state index in [4.69, 9.17) is 4.74 Å². The molecule has 0 N–H and O–H groups in total. The van der Waals surface area contributed by atoms with E-state index < -0.39 is 47.7 Å². The normalized spacial score (nSPS) is 16.8. The van der Waals surface area contributed by atoms with Crippen LogP contribution in [0.4, 0.5) is 31.1 Å². The molecule has 0 aliphatic carbocycles. The molecule has 1 amide bonds. The van der Waals surface area contributed by atoms with Gasteiger partial charge in [0.2, 0.25) is 10.0 Å². The SMILES string of the molecule is COc1cccc(S(=O)(=O)N2CCN(C(=O)OC(C(F)(F)F)C(F)(F)F)CC2)c1. The lowest BCUT2D eigenvalue weighted by Gasteiger charge is -2.34. The van der Waals surface area contributed by atoms with E-state index in [1.54, 1.807) is 0 Å². The minimum Gasteiger partial charge on any atom is -0.497 e. The molecule has 0 bridgehead atoms. The third-order valence-electron chi connectivity index (χ3n) is 3.99. The quantitative estimate of drug-likeness (QED) is 0.660. The Bertz CT molecular complexity index is 820. The zero-order valence-corrected chi connectivity index (χ0v) is 15.6. The summed E-state index contributed by atoms with van der Waals surface area (Å²) in [5.41, 5.74) is 0. The second-order valence-corrected chi connectivity index (χ2v) is 7.86. The Morgan fingerprint density at radius 1 is 1.03 bits per heavy atom. The number of alkyl halides is 6. The number of hydrogen-bond donors (Lipinski definition) is 0. The van der Waals surface area contributed by atoms with E-state index in [2.05, 4.69) is 4.74 Å². The zero-order chi connectivity index (χ0) is 22.0. The molecule has 1 aromatic rings. The fourth-order valence-corrected chi connectivity index (χ4v) is 3.97. The number of nitrogens with zero attached hydrogens (tertiary/aromatic N) is 2. The molecule has 0 radical (unpaired) electrons. The second kappa shape index (κ2) is 8.26. The van der Waals surface area contributed by atoms with Crippen molar-refractivity contribution in [3.8, 4) is 5.75 Å². The molecule has 164 valence electrons. The number of benzene rings is 1. The van der Waals surface area contributed by atoms with Gasteiger partial charge >= 0.3 is 18.4 Å². The first-order chi connectivity index (χ1) is 13.3. The molecule has 1 aromatic carbocycles. The van der Waals surface area contributed by atoms with Gasteiger partial charge in [0.25, 0.3) is 6.10 Å². The Morgan fingerprint density at radius 3 is 2.07 bits per heavy atom. The Morgan fingerprint density at radius 2 is 1.59 bits per heavy atom. The maximum atomic E-state index is 12.6. The van der Waals surface area contributed by atoms with E-state index in [9.17, 15) is 39.6 Å². The van der Waals surface area contributed by atoms with Crippen LogP contribution in [0.5, 0.6) is 5.75 Å². The van der Waals surface area contributed by atoms with Crippen molar-refractivity contribution < 1.29 is 49.0 Å². The Kier molecular flexibility index (Phi) is 6.57. The topological polar surface area (TPSA) is 76.2 Å². The van der Waals surface area contributed by atoms with Gasteiger partial charge in [0, 0.05) is 32.2 Å². The number of hydrogen-bond acceptors (Lipinski definition) is 5. The predicted octanol–water partition coefficient (Wildman–Crippen LogP) is 2.63. The molecule has 0 saturated carbocycles. The van der Waals surface area contributed by atoms with Crippen molar-refractivity contribution in [3.05, 3.63) is 24.3 Å². The van der Waals surface area contributed by atoms with Crippen LogP contribution < -0.4 is 4.74 Å². The molecular weight excluding hydrogens is 434 g/mol. The second-order valence-electron chi connectivity index (χ2n) is 5.92. The lowest BCUT2D eigenvalue weighted by atomic mass is 10.3. The van der Waals surface area contributed by atoms with E-state index in [0.717, 1.165) is 4.31 Å². The highest BCUT2D eigenvalue weighted by Crippen LogP contribution is 2.36. The van der Waals surface area contributed by atoms with Crippen LogP contribution in [0.1, 0.15) is 0 Å². The number of methoxy groups -OCH3 is 1. The summed E-state index contributed by atoms with van der Waals surface area (Å²) in [6.45, 7) is -1.55. The molecular formula is C15H16F6N2O5S. The van der Waals surface area contributed by atoms with Gasteiger partial charge in [-0.25, -0.2) is 13.2 Å². The third kappa shape index (κ3) is 5.44. The molecule has 0 aromatic heterocycles. The molecule has 1 fully saturated rings. The van der Waals surface area contributed by atoms with Gasteiger partial charge < -0.3 is 14.4 Å². The van der Waals surface area contributed by atoms with Crippen LogP contribution in [0, 0.1) is 0 Å². The van der Waals surface area contributed by atoms with E-state index in [1.807, 2.05) is 0 Å². The number of carbonyl (C=O) groups excluding carboxylic acids is 1. The number of halogens is 6. The molecule has 0 unspecified atom stereocenters. The fraction of sp³-hybridized carbons (Fsp3) is 0.533. The van der Waals surface area contributed by atoms with Gasteiger partial charge in [-0.05, 0) is 12.1 Å². The van der Waals surface area contributed by atoms with Gasteiger partial charge in [0.1, 0.15) is 5.75 Å². The Hall–Kier alpha value is -2.22. The number of amides is 1. The van der Waals surface area contributed by atoms with Crippen LogP contribution in [0.25, 0.3) is 0 Å². The van der Waals surface area contributed by atoms with Crippen LogP contribution in [-0.2, 0) is 14.8 Å². The summed E-state index contributed by atoms with van der Waals surface area (Å²) in [6.07, 6.45) is -17.7. The largest absolute Gasteiger partial charge is 0.497 e. The van der Waals surface area contributed by atoms with Crippen LogP contribution in [0.3, 0.4) is 0 Å². The molecule has 29 heavy (non-hydrogen) atoms. The summed E-state index contributed by atoms with van der Waals surface area (Å²) in [4.78, 5) is 12.2. The molecule has 2 rings (SSSR count). The number of ether oxygens (including phenoxy) is 2. The van der Waals surface area contributed by atoms with Crippen molar-refractivity contribution >= 4 is 16.1 Å². The molecule has 0 atom stereocenters. The minimum absolute atomic E-state index is 0.109. The number of piperazine rings is 1. The summed E-state index contributed by atoms with van der Waals surface area (Å²) in [6, 6.07) is 5.52. The summed E-state index contributed by atoms with van der Waals surface area (Å²) in [5.74, 6) is 0.277. The molecule has 7 nitrogen and oxygen atoms in total. The van der Waals surface area contributed by atoms with E-state index in [-0.39, 0.29) is 23.7 Å². The number of sulfonamides is 1. The third-order valence-corrected chi connectivity index (χ3v) is 5.88. The Balaban J connectivity index is 2.05. The Labute approximate surface area is 161 Å². The maximum absolute atomic E-state index is 12.6. The van der Waals surface area contributed by atoms with Gasteiger partial charge in [0.05, 0.1) is 12.0 Å².